The standard InChI is InChI=1S/C23H27FN4O2/c1-25-17-4-2-15(3-5-17)16-10-12-28(13-11-16)21-8-6-18(14-19(21)24)26-20-7-9-22(29)27-23(20)30/h2-6,8,14,16,20,25-26H,7,9-13H2,1H3,(H,27,29,30). The molecule has 2 saturated heterocycles. The van der Waals surface area contributed by atoms with Gasteiger partial charge in [-0.05, 0) is 61.1 Å². The van der Waals surface area contributed by atoms with Gasteiger partial charge in [-0.1, -0.05) is 12.1 Å². The van der Waals surface area contributed by atoms with Gasteiger partial charge in [0.25, 0.3) is 0 Å². The summed E-state index contributed by atoms with van der Waals surface area (Å²) in [5.74, 6) is -0.436. The summed E-state index contributed by atoms with van der Waals surface area (Å²) >= 11 is 0. The lowest BCUT2D eigenvalue weighted by atomic mass is 9.89. The van der Waals surface area contributed by atoms with E-state index < -0.39 is 6.04 Å². The van der Waals surface area contributed by atoms with Crippen LogP contribution in [0.2, 0.25) is 0 Å². The Morgan fingerprint density at radius 2 is 1.70 bits per heavy atom. The molecule has 6 nitrogen and oxygen atoms in total. The highest BCUT2D eigenvalue weighted by atomic mass is 19.1. The number of carbonyl (C=O) groups is 2. The van der Waals surface area contributed by atoms with E-state index in [1.807, 2.05) is 7.05 Å². The molecule has 2 amide bonds. The number of nitrogens with zero attached hydrogens (tertiary/aromatic N) is 1. The first-order valence-corrected chi connectivity index (χ1v) is 10.5. The van der Waals surface area contributed by atoms with E-state index >= 15 is 0 Å². The third-order valence-corrected chi connectivity index (χ3v) is 6.03. The second-order valence-electron chi connectivity index (χ2n) is 7.95. The summed E-state index contributed by atoms with van der Waals surface area (Å²) in [5.41, 5.74) is 3.57. The lowest BCUT2D eigenvalue weighted by molar-refractivity contribution is -0.133. The van der Waals surface area contributed by atoms with Gasteiger partial charge in [0, 0.05) is 37.9 Å². The number of hydrogen-bond donors (Lipinski definition) is 3. The summed E-state index contributed by atoms with van der Waals surface area (Å²) in [5, 5.41) is 8.47. The van der Waals surface area contributed by atoms with Crippen molar-refractivity contribution in [2.45, 2.75) is 37.6 Å². The van der Waals surface area contributed by atoms with Crippen molar-refractivity contribution < 1.29 is 14.0 Å². The number of piperidine rings is 2. The van der Waals surface area contributed by atoms with E-state index in [2.05, 4.69) is 45.1 Å². The Labute approximate surface area is 175 Å². The molecule has 2 aromatic rings. The van der Waals surface area contributed by atoms with Crippen molar-refractivity contribution in [1.82, 2.24) is 5.32 Å². The molecule has 4 rings (SSSR count). The topological polar surface area (TPSA) is 73.5 Å². The third kappa shape index (κ3) is 4.40. The number of nitrogens with one attached hydrogen (secondary N) is 3. The van der Waals surface area contributed by atoms with Gasteiger partial charge >= 0.3 is 0 Å². The number of carbonyl (C=O) groups excluding carboxylic acids is 2. The van der Waals surface area contributed by atoms with Gasteiger partial charge in [-0.2, -0.15) is 0 Å². The SMILES string of the molecule is CNc1ccc(C2CCN(c3ccc(NC4CCC(=O)NC4=O)cc3F)CC2)cc1. The zero-order chi connectivity index (χ0) is 21.1. The Morgan fingerprint density at radius 3 is 2.33 bits per heavy atom. The van der Waals surface area contributed by atoms with Crippen molar-refractivity contribution in [3.8, 4) is 0 Å². The zero-order valence-corrected chi connectivity index (χ0v) is 17.1. The van der Waals surface area contributed by atoms with Crippen LogP contribution in [-0.4, -0.2) is 38.0 Å². The fraction of sp³-hybridized carbons (Fsp3) is 0.391. The minimum absolute atomic E-state index is 0.263. The van der Waals surface area contributed by atoms with Crippen molar-refractivity contribution in [2.24, 2.45) is 0 Å². The van der Waals surface area contributed by atoms with Gasteiger partial charge in [0.2, 0.25) is 11.8 Å². The Balaban J connectivity index is 1.37. The van der Waals surface area contributed by atoms with Crippen LogP contribution in [0, 0.1) is 5.82 Å². The number of halogens is 1. The number of amides is 2. The lowest BCUT2D eigenvalue weighted by Gasteiger charge is -2.34. The second-order valence-corrected chi connectivity index (χ2v) is 7.95. The van der Waals surface area contributed by atoms with Crippen LogP contribution < -0.4 is 20.9 Å². The zero-order valence-electron chi connectivity index (χ0n) is 17.1. The van der Waals surface area contributed by atoms with Crippen molar-refractivity contribution in [2.75, 3.05) is 35.7 Å². The Hall–Kier alpha value is -3.09. The first-order chi connectivity index (χ1) is 14.5. The van der Waals surface area contributed by atoms with Crippen molar-refractivity contribution in [3.63, 3.8) is 0 Å². The van der Waals surface area contributed by atoms with E-state index in [-0.39, 0.29) is 24.1 Å². The molecular weight excluding hydrogens is 383 g/mol. The van der Waals surface area contributed by atoms with Crippen LogP contribution in [-0.2, 0) is 9.59 Å². The van der Waals surface area contributed by atoms with Crippen LogP contribution >= 0.6 is 0 Å². The fourth-order valence-corrected chi connectivity index (χ4v) is 4.26. The van der Waals surface area contributed by atoms with Crippen LogP contribution in [0.3, 0.4) is 0 Å². The molecule has 1 atom stereocenters. The van der Waals surface area contributed by atoms with E-state index in [9.17, 15) is 14.0 Å². The molecule has 2 fully saturated rings. The van der Waals surface area contributed by atoms with E-state index in [0.29, 0.717) is 23.7 Å². The van der Waals surface area contributed by atoms with Gasteiger partial charge < -0.3 is 15.5 Å². The van der Waals surface area contributed by atoms with Crippen LogP contribution in [0.1, 0.15) is 37.2 Å². The highest BCUT2D eigenvalue weighted by Gasteiger charge is 2.27. The summed E-state index contributed by atoms with van der Waals surface area (Å²) in [4.78, 5) is 25.2. The van der Waals surface area contributed by atoms with Crippen LogP contribution in [0.15, 0.2) is 42.5 Å². The van der Waals surface area contributed by atoms with E-state index in [0.717, 1.165) is 31.6 Å². The molecule has 0 aliphatic carbocycles. The smallest absolute Gasteiger partial charge is 0.249 e. The summed E-state index contributed by atoms with van der Waals surface area (Å²) in [7, 11) is 1.91. The number of rotatable bonds is 5. The van der Waals surface area contributed by atoms with Crippen molar-refractivity contribution in [3.05, 3.63) is 53.8 Å². The Morgan fingerprint density at radius 1 is 1.00 bits per heavy atom. The second kappa shape index (κ2) is 8.73. The maximum absolute atomic E-state index is 14.8. The van der Waals surface area contributed by atoms with Gasteiger partial charge in [0.15, 0.2) is 0 Å². The highest BCUT2D eigenvalue weighted by molar-refractivity contribution is 6.01. The monoisotopic (exact) mass is 410 g/mol. The summed E-state index contributed by atoms with van der Waals surface area (Å²) in [6, 6.07) is 13.0. The first kappa shape index (κ1) is 20.2. The highest BCUT2D eigenvalue weighted by Crippen LogP contribution is 2.33. The quantitative estimate of drug-likeness (QED) is 0.659. The fourth-order valence-electron chi connectivity index (χ4n) is 4.26. The summed E-state index contributed by atoms with van der Waals surface area (Å²) in [6.07, 6.45) is 2.66. The van der Waals surface area contributed by atoms with Gasteiger partial charge in [0.1, 0.15) is 11.9 Å². The third-order valence-electron chi connectivity index (χ3n) is 6.03. The molecule has 3 N–H and O–H groups in total. The lowest BCUT2D eigenvalue weighted by Crippen LogP contribution is -2.47. The Bertz CT molecular complexity index is 923. The van der Waals surface area contributed by atoms with Crippen molar-refractivity contribution >= 4 is 28.9 Å². The van der Waals surface area contributed by atoms with Gasteiger partial charge in [-0.15, -0.1) is 0 Å². The molecule has 0 spiro atoms. The predicted molar refractivity (Wildman–Crippen MR) is 116 cm³/mol. The van der Waals surface area contributed by atoms with Crippen LogP contribution in [0.4, 0.5) is 21.5 Å². The molecule has 0 saturated carbocycles. The maximum atomic E-state index is 14.8. The summed E-state index contributed by atoms with van der Waals surface area (Å²) < 4.78 is 14.8. The molecule has 2 aromatic carbocycles. The minimum atomic E-state index is -0.516. The molecule has 30 heavy (non-hydrogen) atoms. The molecule has 7 heteroatoms. The number of anilines is 3. The molecular formula is C23H27FN4O2. The van der Waals surface area contributed by atoms with Gasteiger partial charge in [-0.3, -0.25) is 14.9 Å². The molecule has 0 radical (unpaired) electrons. The normalized spacial score (nSPS) is 20.1. The first-order valence-electron chi connectivity index (χ1n) is 10.5. The number of imide groups is 1. The minimum Gasteiger partial charge on any atom is -0.388 e. The van der Waals surface area contributed by atoms with E-state index in [4.69, 9.17) is 0 Å². The van der Waals surface area contributed by atoms with Crippen molar-refractivity contribution in [1.29, 1.82) is 0 Å². The van der Waals surface area contributed by atoms with Crippen LogP contribution in [0.25, 0.3) is 0 Å². The van der Waals surface area contributed by atoms with Crippen LogP contribution in [0.5, 0.6) is 0 Å². The summed E-state index contributed by atoms with van der Waals surface area (Å²) in [6.45, 7) is 1.60. The molecule has 158 valence electrons. The number of hydrogen-bond acceptors (Lipinski definition) is 5. The van der Waals surface area contributed by atoms with Gasteiger partial charge in [0.05, 0.1) is 5.69 Å². The average Bonchev–Trinajstić information content (AvgIpc) is 2.76. The van der Waals surface area contributed by atoms with Gasteiger partial charge in [-0.25, -0.2) is 4.39 Å². The maximum Gasteiger partial charge on any atom is 0.249 e. The van der Waals surface area contributed by atoms with E-state index in [1.54, 1.807) is 12.1 Å². The predicted octanol–water partition coefficient (Wildman–Crippen LogP) is 3.47. The number of benzene rings is 2. The molecule has 0 bridgehead atoms. The Kier molecular flexibility index (Phi) is 5.88. The largest absolute Gasteiger partial charge is 0.388 e. The molecule has 2 heterocycles. The molecule has 2 aliphatic heterocycles. The molecule has 0 aromatic heterocycles. The van der Waals surface area contributed by atoms with E-state index in [1.165, 1.54) is 11.6 Å². The molecule has 1 unspecified atom stereocenters. The molecule has 2 aliphatic rings. The average molecular weight is 410 g/mol.